The van der Waals surface area contributed by atoms with Crippen LogP contribution in [0.15, 0.2) is 18.2 Å². The molecule has 0 aliphatic carbocycles. The number of esters is 3. The Morgan fingerprint density at radius 1 is 0.825 bits per heavy atom. The Hall–Kier alpha value is -3.14. The largest absolute Gasteiger partial charge is 0.508 e. The fourth-order valence-corrected chi connectivity index (χ4v) is 3.42. The van der Waals surface area contributed by atoms with Gasteiger partial charge in [0.05, 0.1) is 6.61 Å². The number of ether oxygens (including phenoxy) is 5. The van der Waals surface area contributed by atoms with Gasteiger partial charge in [-0.2, -0.15) is 0 Å². The van der Waals surface area contributed by atoms with Crippen LogP contribution in [0, 0.1) is 11.8 Å². The molecule has 0 saturated carbocycles. The molecule has 10 heteroatoms. The zero-order chi connectivity index (χ0) is 30.1. The van der Waals surface area contributed by atoms with E-state index in [1.807, 2.05) is 34.6 Å². The Kier molecular flexibility index (Phi) is 16.6. The summed E-state index contributed by atoms with van der Waals surface area (Å²) in [6.07, 6.45) is 3.31. The van der Waals surface area contributed by atoms with Crippen LogP contribution >= 0.6 is 0 Å². The van der Waals surface area contributed by atoms with Crippen molar-refractivity contribution >= 4 is 24.1 Å². The molecule has 0 spiro atoms. The summed E-state index contributed by atoms with van der Waals surface area (Å²) in [5.41, 5.74) is 6.65. The van der Waals surface area contributed by atoms with Gasteiger partial charge in [-0.05, 0) is 49.3 Å². The number of benzene rings is 1. The van der Waals surface area contributed by atoms with Crippen molar-refractivity contribution in [1.82, 2.24) is 0 Å². The van der Waals surface area contributed by atoms with E-state index in [2.05, 4.69) is 0 Å². The van der Waals surface area contributed by atoms with Crippen LogP contribution < -0.4 is 15.2 Å². The highest BCUT2D eigenvalue weighted by Gasteiger charge is 2.22. The van der Waals surface area contributed by atoms with E-state index in [0.29, 0.717) is 5.56 Å². The van der Waals surface area contributed by atoms with Crippen molar-refractivity contribution in [1.29, 1.82) is 0 Å². The van der Waals surface area contributed by atoms with Gasteiger partial charge in [-0.15, -0.1) is 0 Å². The molecule has 1 aromatic rings. The van der Waals surface area contributed by atoms with Gasteiger partial charge in [0, 0.05) is 12.8 Å². The molecule has 0 bridgehead atoms. The molecule has 1 aromatic carbocycles. The van der Waals surface area contributed by atoms with Gasteiger partial charge in [-0.1, -0.05) is 66.4 Å². The van der Waals surface area contributed by atoms with Crippen molar-refractivity contribution in [2.24, 2.45) is 17.6 Å². The lowest BCUT2D eigenvalue weighted by Gasteiger charge is -2.18. The normalized spacial score (nSPS) is 13.9. The number of carbonyl (C=O) groups is 4. The van der Waals surface area contributed by atoms with Crippen molar-refractivity contribution in [2.75, 3.05) is 13.2 Å². The Morgan fingerprint density at radius 3 is 2.00 bits per heavy atom. The minimum absolute atomic E-state index is 0.0723. The summed E-state index contributed by atoms with van der Waals surface area (Å²) < 4.78 is 26.3. The molecule has 2 unspecified atom stereocenters. The van der Waals surface area contributed by atoms with Gasteiger partial charge in [0.15, 0.2) is 11.5 Å². The van der Waals surface area contributed by atoms with E-state index >= 15 is 0 Å². The van der Waals surface area contributed by atoms with Crippen LogP contribution in [-0.2, 0) is 35.0 Å². The molecular formula is C30H47NO9. The molecule has 0 aliphatic heterocycles. The maximum atomic E-state index is 12.5. The zero-order valence-electron chi connectivity index (χ0n) is 24.9. The summed E-state index contributed by atoms with van der Waals surface area (Å²) in [5.74, 6) is -1.08. The third-order valence-electron chi connectivity index (χ3n) is 6.36. The lowest BCUT2D eigenvalue weighted by Crippen LogP contribution is -2.37. The van der Waals surface area contributed by atoms with E-state index in [9.17, 15) is 19.2 Å². The summed E-state index contributed by atoms with van der Waals surface area (Å²) >= 11 is 0. The highest BCUT2D eigenvalue weighted by atomic mass is 16.7. The third-order valence-corrected chi connectivity index (χ3v) is 6.36. The molecule has 0 aliphatic rings. The second kappa shape index (κ2) is 19.0. The first-order chi connectivity index (χ1) is 19.0. The summed E-state index contributed by atoms with van der Waals surface area (Å²) in [6.45, 7) is 11.6. The second-order valence-corrected chi connectivity index (χ2v) is 10.3. The Bertz CT molecular complexity index is 949. The third kappa shape index (κ3) is 14.3. The summed E-state index contributed by atoms with van der Waals surface area (Å²) in [5, 5.41) is 0. The van der Waals surface area contributed by atoms with E-state index in [0.717, 1.165) is 32.1 Å². The predicted octanol–water partition coefficient (Wildman–Crippen LogP) is 5.51. The first-order valence-electron chi connectivity index (χ1n) is 14.3. The molecule has 2 N–H and O–H groups in total. The maximum absolute atomic E-state index is 12.5. The van der Waals surface area contributed by atoms with Crippen LogP contribution in [0.5, 0.6) is 11.5 Å². The lowest BCUT2D eigenvalue weighted by molar-refractivity contribution is -0.152. The minimum Gasteiger partial charge on any atom is -0.458 e. The van der Waals surface area contributed by atoms with Crippen LogP contribution in [-0.4, -0.2) is 49.4 Å². The molecule has 0 fully saturated rings. The van der Waals surface area contributed by atoms with Crippen molar-refractivity contribution < 1.29 is 42.9 Å². The molecule has 0 radical (unpaired) electrons. The molecule has 0 amide bonds. The fourth-order valence-electron chi connectivity index (χ4n) is 3.42. The number of carbonyl (C=O) groups excluding carboxylic acids is 4. The fraction of sp³-hybridized carbons (Fsp3) is 0.667. The first-order valence-corrected chi connectivity index (χ1v) is 14.3. The molecule has 0 heterocycles. The average molecular weight is 566 g/mol. The SMILES string of the molecule is CCCCCOC(=O)OC[C@H](C)OC(=O)[C@@H](N)Cc1ccc(OC(=O)CC(C)CC)c(OC(=O)CC(C)CC)c1. The maximum Gasteiger partial charge on any atom is 0.508 e. The Balaban J connectivity index is 2.81. The predicted molar refractivity (Wildman–Crippen MR) is 150 cm³/mol. The van der Waals surface area contributed by atoms with Crippen molar-refractivity contribution in [2.45, 2.75) is 105 Å². The highest BCUT2D eigenvalue weighted by Crippen LogP contribution is 2.30. The molecule has 4 atom stereocenters. The second-order valence-electron chi connectivity index (χ2n) is 10.3. The van der Waals surface area contributed by atoms with E-state index in [-0.39, 0.29) is 55.8 Å². The molecule has 1 rings (SSSR count). The van der Waals surface area contributed by atoms with Gasteiger partial charge in [0.2, 0.25) is 0 Å². The topological polar surface area (TPSA) is 140 Å². The van der Waals surface area contributed by atoms with Gasteiger partial charge in [-0.3, -0.25) is 14.4 Å². The van der Waals surface area contributed by atoms with Crippen LogP contribution in [0.2, 0.25) is 0 Å². The monoisotopic (exact) mass is 565 g/mol. The van der Waals surface area contributed by atoms with E-state index in [1.165, 1.54) is 12.1 Å². The van der Waals surface area contributed by atoms with Gasteiger partial charge >= 0.3 is 24.1 Å². The Labute approximate surface area is 238 Å². The van der Waals surface area contributed by atoms with Crippen molar-refractivity contribution in [3.8, 4) is 11.5 Å². The number of hydrogen-bond donors (Lipinski definition) is 1. The number of rotatable bonds is 18. The van der Waals surface area contributed by atoms with Crippen LogP contribution in [0.4, 0.5) is 4.79 Å². The standard InChI is InChI=1S/C30H47NO9/c1-7-10-11-14-36-30(35)37-19-22(6)38-29(34)24(31)17-23-12-13-25(39-27(32)15-20(4)8-2)26(18-23)40-28(33)16-21(5)9-3/h12-13,18,20-22,24H,7-11,14-17,19,31H2,1-6H3/t20?,21?,22-,24-/m0/s1. The smallest absolute Gasteiger partial charge is 0.458 e. The van der Waals surface area contributed by atoms with Gasteiger partial charge < -0.3 is 29.4 Å². The van der Waals surface area contributed by atoms with Gasteiger partial charge in [-0.25, -0.2) is 4.79 Å². The van der Waals surface area contributed by atoms with Crippen LogP contribution in [0.25, 0.3) is 0 Å². The first kappa shape index (κ1) is 34.9. The zero-order valence-corrected chi connectivity index (χ0v) is 24.9. The van der Waals surface area contributed by atoms with Crippen LogP contribution in [0.1, 0.15) is 92.1 Å². The van der Waals surface area contributed by atoms with E-state index < -0.39 is 36.2 Å². The highest BCUT2D eigenvalue weighted by molar-refractivity contribution is 5.77. The molecule has 0 saturated heterocycles. The number of nitrogens with two attached hydrogens (primary N) is 1. The Morgan fingerprint density at radius 2 is 1.43 bits per heavy atom. The van der Waals surface area contributed by atoms with Gasteiger partial charge in [0.1, 0.15) is 18.8 Å². The number of hydrogen-bond acceptors (Lipinski definition) is 10. The molecule has 0 aromatic heterocycles. The van der Waals surface area contributed by atoms with Crippen LogP contribution in [0.3, 0.4) is 0 Å². The summed E-state index contributed by atoms with van der Waals surface area (Å²) in [4.78, 5) is 49.1. The van der Waals surface area contributed by atoms with Gasteiger partial charge in [0.25, 0.3) is 0 Å². The van der Waals surface area contributed by atoms with E-state index in [4.69, 9.17) is 29.4 Å². The molecule has 10 nitrogen and oxygen atoms in total. The molecule has 40 heavy (non-hydrogen) atoms. The van der Waals surface area contributed by atoms with Crippen molar-refractivity contribution in [3.05, 3.63) is 23.8 Å². The minimum atomic E-state index is -1.04. The summed E-state index contributed by atoms with van der Waals surface area (Å²) in [6, 6.07) is 3.67. The number of unbranched alkanes of at least 4 members (excludes halogenated alkanes) is 2. The summed E-state index contributed by atoms with van der Waals surface area (Å²) in [7, 11) is 0. The molecule has 226 valence electrons. The van der Waals surface area contributed by atoms with Crippen molar-refractivity contribution in [3.63, 3.8) is 0 Å². The lowest BCUT2D eigenvalue weighted by atomic mass is 10.0. The van der Waals surface area contributed by atoms with E-state index in [1.54, 1.807) is 13.0 Å². The molecular weight excluding hydrogens is 518 g/mol. The average Bonchev–Trinajstić information content (AvgIpc) is 2.90. The quantitative estimate of drug-likeness (QED) is 0.137.